The van der Waals surface area contributed by atoms with Crippen LogP contribution < -0.4 is 5.32 Å². The lowest BCUT2D eigenvalue weighted by Crippen LogP contribution is -2.44. The first kappa shape index (κ1) is 28.9. The molecular weight excluding hydrogens is 468 g/mol. The molecule has 1 saturated carbocycles. The smallest absolute Gasteiger partial charge is 0.410 e. The quantitative estimate of drug-likeness (QED) is 0.235. The molecule has 2 saturated heterocycles. The number of hydrogen-bond acceptors (Lipinski definition) is 5. The summed E-state index contributed by atoms with van der Waals surface area (Å²) in [5, 5.41) is 11.8. The van der Waals surface area contributed by atoms with Crippen LogP contribution in [0.3, 0.4) is 0 Å². The Morgan fingerprint density at radius 2 is 2.08 bits per heavy atom. The fourth-order valence-corrected chi connectivity index (χ4v) is 5.28. The highest BCUT2D eigenvalue weighted by Gasteiger charge is 2.45. The number of hydrogen-bond donors (Lipinski definition) is 2. The Morgan fingerprint density at radius 1 is 1.35 bits per heavy atom. The van der Waals surface area contributed by atoms with E-state index in [2.05, 4.69) is 51.4 Å². The fourth-order valence-electron chi connectivity index (χ4n) is 5.28. The van der Waals surface area contributed by atoms with Gasteiger partial charge in [0.1, 0.15) is 5.60 Å². The Hall–Kier alpha value is -2.64. The molecule has 2 aliphatic carbocycles. The average Bonchev–Trinajstić information content (AvgIpc) is 3.66. The lowest BCUT2D eigenvalue weighted by Gasteiger charge is -2.45. The zero-order chi connectivity index (χ0) is 27.2. The molecule has 37 heavy (non-hydrogen) atoms. The standard InChI is InChI=1S/C23H36N2O3.C7H8O2/c1-5-23(15-25(4)21(26)28-23)8-10-24-14-16-12-18(17-6-7-17)20-19(13-16)22(2,3)9-11-27-20;1-3-4-5-6(2)7(8)9/h12-13,17,19-20,24H,5-11,14-15H2,1-4H3;3-5H,1-2H2,(H,8,9)/b;5-4-. The topological polar surface area (TPSA) is 88.1 Å². The molecule has 3 fully saturated rings. The maximum absolute atomic E-state index is 11.8. The molecule has 2 heterocycles. The number of nitrogens with zero attached hydrogens (tertiary/aromatic N) is 1. The van der Waals surface area contributed by atoms with Crippen molar-refractivity contribution in [2.75, 3.05) is 33.3 Å². The van der Waals surface area contributed by atoms with Gasteiger partial charge in [-0.3, -0.25) is 0 Å². The third kappa shape index (κ3) is 7.45. The van der Waals surface area contributed by atoms with Crippen LogP contribution in [0, 0.1) is 17.3 Å². The lowest BCUT2D eigenvalue weighted by atomic mass is 9.67. The van der Waals surface area contributed by atoms with Gasteiger partial charge in [-0.2, -0.15) is 0 Å². The number of fused-ring (bicyclic) bond motifs is 1. The van der Waals surface area contributed by atoms with E-state index in [4.69, 9.17) is 14.6 Å². The highest BCUT2D eigenvalue weighted by atomic mass is 16.6. The van der Waals surface area contributed by atoms with Crippen LogP contribution in [0.2, 0.25) is 0 Å². The molecule has 0 aromatic rings. The Kier molecular flexibility index (Phi) is 9.59. The van der Waals surface area contributed by atoms with E-state index in [-0.39, 0.29) is 28.8 Å². The Bertz CT molecular complexity index is 974. The zero-order valence-electron chi connectivity index (χ0n) is 22.9. The summed E-state index contributed by atoms with van der Waals surface area (Å²) in [4.78, 5) is 23.5. The molecule has 0 bridgehead atoms. The number of aliphatic carboxylic acids is 1. The summed E-state index contributed by atoms with van der Waals surface area (Å²) in [7, 11) is 1.81. The van der Waals surface area contributed by atoms with Gasteiger partial charge in [0, 0.05) is 32.5 Å². The second-order valence-electron chi connectivity index (χ2n) is 11.3. The summed E-state index contributed by atoms with van der Waals surface area (Å²) in [6.45, 7) is 16.8. The van der Waals surface area contributed by atoms with E-state index in [1.807, 2.05) is 7.05 Å². The van der Waals surface area contributed by atoms with E-state index in [0.717, 1.165) is 44.9 Å². The summed E-state index contributed by atoms with van der Waals surface area (Å²) < 4.78 is 11.9. The first-order valence-electron chi connectivity index (χ1n) is 13.4. The molecule has 7 nitrogen and oxygen atoms in total. The molecule has 2 N–H and O–H groups in total. The molecule has 1 amide bonds. The lowest BCUT2D eigenvalue weighted by molar-refractivity contribution is -0.132. The number of likely N-dealkylation sites (N-methyl/N-ethyl adjacent to an activating group) is 1. The van der Waals surface area contributed by atoms with Crippen molar-refractivity contribution in [1.29, 1.82) is 0 Å². The third-order valence-corrected chi connectivity index (χ3v) is 7.98. The minimum Gasteiger partial charge on any atom is -0.478 e. The number of ether oxygens (including phenoxy) is 2. The van der Waals surface area contributed by atoms with Gasteiger partial charge in [0.05, 0.1) is 18.2 Å². The number of amides is 1. The molecule has 7 heteroatoms. The van der Waals surface area contributed by atoms with Crippen LogP contribution in [0.15, 0.2) is 60.3 Å². The Balaban J connectivity index is 0.000000364. The van der Waals surface area contributed by atoms with Gasteiger partial charge < -0.3 is 24.8 Å². The van der Waals surface area contributed by atoms with E-state index in [1.54, 1.807) is 4.90 Å². The fraction of sp³-hybridized carbons (Fsp3) is 0.600. The van der Waals surface area contributed by atoms with E-state index < -0.39 is 5.97 Å². The summed E-state index contributed by atoms with van der Waals surface area (Å²) >= 11 is 0. The molecule has 4 rings (SSSR count). The summed E-state index contributed by atoms with van der Waals surface area (Å²) in [6.07, 6.45) is 14.8. The monoisotopic (exact) mass is 512 g/mol. The molecule has 0 spiro atoms. The maximum Gasteiger partial charge on any atom is 0.410 e. The second-order valence-corrected chi connectivity index (χ2v) is 11.3. The molecule has 3 atom stereocenters. The van der Waals surface area contributed by atoms with Crippen LogP contribution in [-0.4, -0.2) is 67.1 Å². The first-order valence-corrected chi connectivity index (χ1v) is 13.4. The van der Waals surface area contributed by atoms with Crippen molar-refractivity contribution in [3.8, 4) is 0 Å². The number of carbonyl (C=O) groups excluding carboxylic acids is 1. The highest BCUT2D eigenvalue weighted by Crippen LogP contribution is 2.50. The SMILES string of the molecule is C=C/C=C\C(=C)C(=O)O.CCC1(CCNCC2=CC3C(OCCC3(C)C)C(C3CC3)=C2)CN(C)C(=O)O1. The number of cyclic esters (lactones) is 1. The van der Waals surface area contributed by atoms with Crippen molar-refractivity contribution in [3.63, 3.8) is 0 Å². The number of nitrogens with one attached hydrogen (secondary N) is 1. The molecule has 0 aromatic carbocycles. The van der Waals surface area contributed by atoms with E-state index in [9.17, 15) is 9.59 Å². The van der Waals surface area contributed by atoms with Gasteiger partial charge in [-0.25, -0.2) is 9.59 Å². The van der Waals surface area contributed by atoms with Gasteiger partial charge in [-0.05, 0) is 60.8 Å². The molecule has 204 valence electrons. The van der Waals surface area contributed by atoms with Crippen molar-refractivity contribution in [3.05, 3.63) is 60.3 Å². The van der Waals surface area contributed by atoms with Gasteiger partial charge in [0.15, 0.2) is 0 Å². The number of carboxylic acids is 1. The molecule has 2 aliphatic heterocycles. The van der Waals surface area contributed by atoms with Crippen molar-refractivity contribution in [2.45, 2.75) is 64.6 Å². The third-order valence-electron chi connectivity index (χ3n) is 7.98. The van der Waals surface area contributed by atoms with E-state index in [0.29, 0.717) is 12.5 Å². The molecule has 3 unspecified atom stereocenters. The zero-order valence-corrected chi connectivity index (χ0v) is 22.9. The van der Waals surface area contributed by atoms with Gasteiger partial charge in [-0.1, -0.05) is 58.2 Å². The Labute approximate surface area is 222 Å². The van der Waals surface area contributed by atoms with Gasteiger partial charge >= 0.3 is 12.1 Å². The van der Waals surface area contributed by atoms with Crippen molar-refractivity contribution in [1.82, 2.24) is 10.2 Å². The predicted octanol–water partition coefficient (Wildman–Crippen LogP) is 5.27. The summed E-state index contributed by atoms with van der Waals surface area (Å²) in [5.41, 5.74) is 2.95. The van der Waals surface area contributed by atoms with Crippen molar-refractivity contribution in [2.24, 2.45) is 17.3 Å². The minimum atomic E-state index is -1.01. The molecule has 0 radical (unpaired) electrons. The minimum absolute atomic E-state index is 0.0647. The Morgan fingerprint density at radius 3 is 2.65 bits per heavy atom. The number of carbonyl (C=O) groups is 2. The van der Waals surface area contributed by atoms with Crippen molar-refractivity contribution >= 4 is 12.1 Å². The van der Waals surface area contributed by atoms with Crippen LogP contribution in [0.4, 0.5) is 4.79 Å². The highest BCUT2D eigenvalue weighted by molar-refractivity contribution is 5.89. The molecule has 4 aliphatic rings. The average molecular weight is 513 g/mol. The second kappa shape index (κ2) is 12.3. The van der Waals surface area contributed by atoms with Crippen LogP contribution in [0.5, 0.6) is 0 Å². The van der Waals surface area contributed by atoms with E-state index in [1.165, 1.54) is 42.2 Å². The summed E-state index contributed by atoms with van der Waals surface area (Å²) in [6, 6.07) is 0. The van der Waals surface area contributed by atoms with Crippen LogP contribution in [0.25, 0.3) is 0 Å². The van der Waals surface area contributed by atoms with Crippen LogP contribution >= 0.6 is 0 Å². The van der Waals surface area contributed by atoms with Crippen LogP contribution in [0.1, 0.15) is 52.9 Å². The van der Waals surface area contributed by atoms with Crippen LogP contribution in [-0.2, 0) is 14.3 Å². The van der Waals surface area contributed by atoms with Crippen molar-refractivity contribution < 1.29 is 24.2 Å². The molecular formula is C30H44N2O5. The van der Waals surface area contributed by atoms with E-state index >= 15 is 0 Å². The summed E-state index contributed by atoms with van der Waals surface area (Å²) in [5.74, 6) is 0.208. The normalized spacial score (nSPS) is 28.4. The number of allylic oxidation sites excluding steroid dienone is 2. The molecule has 0 aromatic heterocycles. The van der Waals surface area contributed by atoms with Gasteiger partial charge in [-0.15, -0.1) is 0 Å². The number of carboxylic acid groups (broad SMARTS) is 1. The first-order chi connectivity index (χ1) is 17.5. The number of rotatable bonds is 10. The maximum atomic E-state index is 11.8. The van der Waals surface area contributed by atoms with Gasteiger partial charge in [0.2, 0.25) is 0 Å². The largest absolute Gasteiger partial charge is 0.478 e. The van der Waals surface area contributed by atoms with Gasteiger partial charge in [0.25, 0.3) is 0 Å². The predicted molar refractivity (Wildman–Crippen MR) is 146 cm³/mol.